The molecule has 0 heterocycles. The van der Waals surface area contributed by atoms with Crippen molar-refractivity contribution in [2.75, 3.05) is 7.11 Å². The van der Waals surface area contributed by atoms with Crippen molar-refractivity contribution in [2.24, 2.45) is 5.41 Å². The van der Waals surface area contributed by atoms with Crippen LogP contribution < -0.4 is 4.74 Å². The van der Waals surface area contributed by atoms with Gasteiger partial charge in [0.15, 0.2) is 5.60 Å². The molecule has 1 unspecified atom stereocenters. The first kappa shape index (κ1) is 20.9. The maximum Gasteiger partial charge on any atom is 0.335 e. The van der Waals surface area contributed by atoms with Gasteiger partial charge in [-0.3, -0.25) is 0 Å². The number of aliphatic carboxylic acids is 1. The summed E-state index contributed by atoms with van der Waals surface area (Å²) in [6.45, 7) is 3.74. The minimum Gasteiger partial charge on any atom is -0.496 e. The molecule has 27 heavy (non-hydrogen) atoms. The maximum atomic E-state index is 13.6. The Balaban J connectivity index is 2.16. The van der Waals surface area contributed by atoms with Crippen molar-refractivity contribution in [3.63, 3.8) is 0 Å². The summed E-state index contributed by atoms with van der Waals surface area (Å²) in [7, 11) is 1.51. The predicted octanol–water partition coefficient (Wildman–Crippen LogP) is 4.24. The van der Waals surface area contributed by atoms with Gasteiger partial charge in [0.25, 0.3) is 0 Å². The molecular formula is C22H27FO4. The van der Waals surface area contributed by atoms with Gasteiger partial charge in [0, 0.05) is 0 Å². The zero-order valence-corrected chi connectivity index (χ0v) is 16.0. The molecule has 0 bridgehead atoms. The first-order chi connectivity index (χ1) is 12.6. The molecule has 0 radical (unpaired) electrons. The van der Waals surface area contributed by atoms with Gasteiger partial charge in [-0.2, -0.15) is 0 Å². The molecule has 0 aliphatic rings. The number of halogens is 1. The van der Waals surface area contributed by atoms with E-state index in [-0.39, 0.29) is 18.7 Å². The molecule has 2 rings (SSSR count). The lowest BCUT2D eigenvalue weighted by molar-refractivity contribution is -0.162. The predicted molar refractivity (Wildman–Crippen MR) is 102 cm³/mol. The summed E-state index contributed by atoms with van der Waals surface area (Å²) >= 11 is 0. The first-order valence-electron chi connectivity index (χ1n) is 8.97. The van der Waals surface area contributed by atoms with Gasteiger partial charge in [-0.25, -0.2) is 9.18 Å². The molecule has 0 fully saturated rings. The fourth-order valence-electron chi connectivity index (χ4n) is 3.52. The van der Waals surface area contributed by atoms with Crippen LogP contribution in [0.25, 0.3) is 0 Å². The van der Waals surface area contributed by atoms with E-state index in [4.69, 9.17) is 4.74 Å². The van der Waals surface area contributed by atoms with E-state index in [1.165, 1.54) is 19.2 Å². The minimum absolute atomic E-state index is 0.0435. The van der Waals surface area contributed by atoms with Gasteiger partial charge in [-0.05, 0) is 60.4 Å². The van der Waals surface area contributed by atoms with Crippen LogP contribution in [0.5, 0.6) is 5.75 Å². The molecule has 1 atom stereocenters. The van der Waals surface area contributed by atoms with Crippen molar-refractivity contribution in [1.29, 1.82) is 0 Å². The maximum absolute atomic E-state index is 13.6. The highest BCUT2D eigenvalue weighted by atomic mass is 19.1. The lowest BCUT2D eigenvalue weighted by Gasteiger charge is -2.34. The summed E-state index contributed by atoms with van der Waals surface area (Å²) in [5.74, 6) is -1.07. The van der Waals surface area contributed by atoms with Crippen molar-refractivity contribution in [3.05, 3.63) is 65.5 Å². The molecule has 4 nitrogen and oxygen atoms in total. The van der Waals surface area contributed by atoms with E-state index in [1.807, 2.05) is 44.2 Å². The van der Waals surface area contributed by atoms with Crippen molar-refractivity contribution in [1.82, 2.24) is 0 Å². The number of methoxy groups -OCH3 is 1. The van der Waals surface area contributed by atoms with Crippen LogP contribution in [-0.2, 0) is 17.6 Å². The third kappa shape index (κ3) is 5.79. The highest BCUT2D eigenvalue weighted by Crippen LogP contribution is 2.36. The summed E-state index contributed by atoms with van der Waals surface area (Å²) in [6.07, 6.45) is 0.996. The number of aryl methyl sites for hydroxylation is 1. The van der Waals surface area contributed by atoms with Crippen molar-refractivity contribution in [2.45, 2.75) is 45.1 Å². The smallest absolute Gasteiger partial charge is 0.335 e. The second kappa shape index (κ2) is 8.53. The summed E-state index contributed by atoms with van der Waals surface area (Å²) in [4.78, 5) is 11.8. The molecule has 146 valence electrons. The van der Waals surface area contributed by atoms with Gasteiger partial charge in [-0.1, -0.05) is 44.2 Å². The Morgan fingerprint density at radius 2 is 1.81 bits per heavy atom. The van der Waals surface area contributed by atoms with E-state index < -0.39 is 17.0 Å². The molecule has 0 aromatic heterocycles. The second-order valence-corrected chi connectivity index (χ2v) is 7.80. The van der Waals surface area contributed by atoms with Gasteiger partial charge in [0.2, 0.25) is 0 Å². The van der Waals surface area contributed by atoms with Crippen molar-refractivity contribution >= 4 is 5.97 Å². The molecule has 0 aliphatic heterocycles. The van der Waals surface area contributed by atoms with E-state index in [0.29, 0.717) is 24.2 Å². The molecule has 0 spiro atoms. The Kier molecular flexibility index (Phi) is 6.60. The van der Waals surface area contributed by atoms with Gasteiger partial charge in [0.1, 0.15) is 11.6 Å². The van der Waals surface area contributed by atoms with Gasteiger partial charge < -0.3 is 14.9 Å². The van der Waals surface area contributed by atoms with E-state index in [1.54, 1.807) is 6.07 Å². The molecule has 0 saturated carbocycles. The number of benzene rings is 2. The average Bonchev–Trinajstić information content (AvgIpc) is 2.60. The SMILES string of the molecule is COc1ccc(F)cc1CC(C)(C)CC(O)(CCc1ccccc1)C(=O)O. The van der Waals surface area contributed by atoms with Crippen LogP contribution >= 0.6 is 0 Å². The Labute approximate surface area is 159 Å². The van der Waals surface area contributed by atoms with Gasteiger partial charge in [-0.15, -0.1) is 0 Å². The fraction of sp³-hybridized carbons (Fsp3) is 0.409. The molecule has 0 amide bonds. The fourth-order valence-corrected chi connectivity index (χ4v) is 3.52. The molecule has 0 saturated heterocycles. The number of ether oxygens (including phenoxy) is 1. The Hall–Kier alpha value is -2.40. The Morgan fingerprint density at radius 1 is 1.15 bits per heavy atom. The number of aliphatic hydroxyl groups is 1. The average molecular weight is 374 g/mol. The van der Waals surface area contributed by atoms with E-state index >= 15 is 0 Å². The zero-order valence-electron chi connectivity index (χ0n) is 16.0. The number of rotatable bonds is 9. The van der Waals surface area contributed by atoms with Crippen LogP contribution in [0.1, 0.15) is 37.8 Å². The lowest BCUT2D eigenvalue weighted by atomic mass is 9.74. The number of carboxylic acid groups (broad SMARTS) is 1. The van der Waals surface area contributed by atoms with E-state index in [0.717, 1.165) is 5.56 Å². The molecular weight excluding hydrogens is 347 g/mol. The summed E-state index contributed by atoms with van der Waals surface area (Å²) in [5, 5.41) is 20.5. The largest absolute Gasteiger partial charge is 0.496 e. The topological polar surface area (TPSA) is 66.8 Å². The molecule has 2 N–H and O–H groups in total. The lowest BCUT2D eigenvalue weighted by Crippen LogP contribution is -2.43. The van der Waals surface area contributed by atoms with Crippen LogP contribution in [0.4, 0.5) is 4.39 Å². The third-order valence-electron chi connectivity index (χ3n) is 4.75. The van der Waals surface area contributed by atoms with Gasteiger partial charge >= 0.3 is 5.97 Å². The minimum atomic E-state index is -1.86. The normalized spacial score (nSPS) is 13.8. The number of hydrogen-bond acceptors (Lipinski definition) is 3. The van der Waals surface area contributed by atoms with Crippen LogP contribution in [0, 0.1) is 11.2 Å². The van der Waals surface area contributed by atoms with Crippen molar-refractivity contribution in [3.8, 4) is 5.75 Å². The van der Waals surface area contributed by atoms with Gasteiger partial charge in [0.05, 0.1) is 7.11 Å². The molecule has 5 heteroatoms. The molecule has 2 aromatic carbocycles. The number of carboxylic acids is 1. The summed E-state index contributed by atoms with van der Waals surface area (Å²) in [5.41, 5.74) is -0.815. The highest BCUT2D eigenvalue weighted by Gasteiger charge is 2.41. The second-order valence-electron chi connectivity index (χ2n) is 7.80. The quantitative estimate of drug-likeness (QED) is 0.689. The van der Waals surface area contributed by atoms with Crippen LogP contribution in [-0.4, -0.2) is 28.9 Å². The summed E-state index contributed by atoms with van der Waals surface area (Å²) in [6, 6.07) is 13.7. The third-order valence-corrected chi connectivity index (χ3v) is 4.75. The standard InChI is InChI=1S/C22H27FO4/c1-21(2,14-17-13-18(23)9-10-19(17)27-3)15-22(26,20(24)25)12-11-16-7-5-4-6-8-16/h4-10,13,26H,11-12,14-15H2,1-3H3,(H,24,25). The first-order valence-corrected chi connectivity index (χ1v) is 8.97. The number of hydrogen-bond donors (Lipinski definition) is 2. The van der Waals surface area contributed by atoms with E-state index in [9.17, 15) is 19.4 Å². The molecule has 2 aromatic rings. The summed E-state index contributed by atoms with van der Waals surface area (Å²) < 4.78 is 18.9. The molecule has 0 aliphatic carbocycles. The Bertz CT molecular complexity index is 773. The highest BCUT2D eigenvalue weighted by molar-refractivity contribution is 5.77. The van der Waals surface area contributed by atoms with E-state index in [2.05, 4.69) is 0 Å². The monoisotopic (exact) mass is 374 g/mol. The zero-order chi connectivity index (χ0) is 20.1. The number of carbonyl (C=O) groups is 1. The Morgan fingerprint density at radius 3 is 2.41 bits per heavy atom. The van der Waals surface area contributed by atoms with Crippen molar-refractivity contribution < 1.29 is 24.1 Å². The van der Waals surface area contributed by atoms with Crippen LogP contribution in [0.2, 0.25) is 0 Å². The van der Waals surface area contributed by atoms with Crippen LogP contribution in [0.15, 0.2) is 48.5 Å². The van der Waals surface area contributed by atoms with Crippen LogP contribution in [0.3, 0.4) is 0 Å².